The van der Waals surface area contributed by atoms with E-state index in [0.717, 1.165) is 12.8 Å². The Morgan fingerprint density at radius 2 is 1.88 bits per heavy atom. The van der Waals surface area contributed by atoms with E-state index in [1.807, 2.05) is 0 Å². The van der Waals surface area contributed by atoms with Crippen LogP contribution in [0.3, 0.4) is 0 Å². The minimum absolute atomic E-state index is 0.00810. The molecule has 0 saturated heterocycles. The van der Waals surface area contributed by atoms with Gasteiger partial charge in [-0.15, -0.1) is 0 Å². The first-order valence-electron chi connectivity index (χ1n) is 6.91. The van der Waals surface area contributed by atoms with Gasteiger partial charge in [-0.2, -0.15) is 0 Å². The van der Waals surface area contributed by atoms with Gasteiger partial charge < -0.3 is 0 Å². The first-order chi connectivity index (χ1) is 7.86. The van der Waals surface area contributed by atoms with Crippen molar-refractivity contribution in [3.63, 3.8) is 0 Å². The molecule has 0 unspecified atom stereocenters. The molecule has 2 nitrogen and oxygen atoms in total. The lowest BCUT2D eigenvalue weighted by atomic mass is 9.52. The van der Waals surface area contributed by atoms with Crippen LogP contribution in [-0.4, -0.2) is 11.6 Å². The highest BCUT2D eigenvalue weighted by atomic mass is 16.1. The van der Waals surface area contributed by atoms with E-state index in [9.17, 15) is 9.59 Å². The molecule has 0 heterocycles. The van der Waals surface area contributed by atoms with Crippen LogP contribution in [0.1, 0.15) is 53.4 Å². The molecule has 0 N–H and O–H groups in total. The summed E-state index contributed by atoms with van der Waals surface area (Å²) in [4.78, 5) is 24.2. The van der Waals surface area contributed by atoms with Crippen LogP contribution >= 0.6 is 0 Å². The normalized spacial score (nSPS) is 42.8. The third kappa shape index (κ3) is 1.96. The van der Waals surface area contributed by atoms with Crippen molar-refractivity contribution in [2.24, 2.45) is 29.1 Å². The van der Waals surface area contributed by atoms with Crippen LogP contribution < -0.4 is 0 Å². The number of hydrogen-bond donors (Lipinski definition) is 0. The van der Waals surface area contributed by atoms with E-state index in [2.05, 4.69) is 27.7 Å². The zero-order valence-corrected chi connectivity index (χ0v) is 11.5. The molecule has 0 bridgehead atoms. The van der Waals surface area contributed by atoms with Crippen LogP contribution in [-0.2, 0) is 9.59 Å². The first-order valence-corrected chi connectivity index (χ1v) is 6.91. The molecular weight excluding hydrogens is 212 g/mol. The Bertz CT molecular complexity index is 345. The Morgan fingerprint density at radius 1 is 1.24 bits per heavy atom. The number of hydrogen-bond acceptors (Lipinski definition) is 2. The van der Waals surface area contributed by atoms with E-state index in [0.29, 0.717) is 36.2 Å². The molecule has 2 heteroatoms. The SMILES string of the molecule is CC(C)[C@@H]1C[C@@]2(C)[C@H](CC1=O)C(=O)CC[C@@H]2C. The maximum absolute atomic E-state index is 12.1. The second kappa shape index (κ2) is 4.22. The predicted molar refractivity (Wildman–Crippen MR) is 67.6 cm³/mol. The van der Waals surface area contributed by atoms with Crippen molar-refractivity contribution in [2.75, 3.05) is 0 Å². The molecule has 4 atom stereocenters. The molecule has 2 fully saturated rings. The molecule has 0 amide bonds. The fourth-order valence-electron chi connectivity index (χ4n) is 3.81. The lowest BCUT2D eigenvalue weighted by Crippen LogP contribution is -2.50. The summed E-state index contributed by atoms with van der Waals surface area (Å²) in [6.07, 6.45) is 3.11. The number of rotatable bonds is 1. The van der Waals surface area contributed by atoms with Crippen molar-refractivity contribution >= 4 is 11.6 Å². The summed E-state index contributed by atoms with van der Waals surface area (Å²) in [5.74, 6) is 1.81. The lowest BCUT2D eigenvalue weighted by molar-refractivity contribution is -0.148. The van der Waals surface area contributed by atoms with Crippen LogP contribution in [0.4, 0.5) is 0 Å². The fraction of sp³-hybridized carbons (Fsp3) is 0.867. The molecule has 0 aromatic carbocycles. The van der Waals surface area contributed by atoms with Gasteiger partial charge in [0, 0.05) is 24.7 Å². The van der Waals surface area contributed by atoms with E-state index in [4.69, 9.17) is 0 Å². The summed E-state index contributed by atoms with van der Waals surface area (Å²) in [6.45, 7) is 8.75. The number of carbonyl (C=O) groups is 2. The Labute approximate surface area is 104 Å². The fourth-order valence-corrected chi connectivity index (χ4v) is 3.81. The highest BCUT2D eigenvalue weighted by molar-refractivity contribution is 5.91. The van der Waals surface area contributed by atoms with Gasteiger partial charge >= 0.3 is 0 Å². The average molecular weight is 236 g/mol. The smallest absolute Gasteiger partial charge is 0.136 e. The molecule has 2 saturated carbocycles. The van der Waals surface area contributed by atoms with E-state index in [1.54, 1.807) is 0 Å². The quantitative estimate of drug-likeness (QED) is 0.700. The average Bonchev–Trinajstić information content (AvgIpc) is 2.26. The van der Waals surface area contributed by atoms with Crippen molar-refractivity contribution in [1.82, 2.24) is 0 Å². The molecule has 0 radical (unpaired) electrons. The predicted octanol–water partition coefficient (Wildman–Crippen LogP) is 3.24. The number of carbonyl (C=O) groups excluding carboxylic acids is 2. The van der Waals surface area contributed by atoms with Crippen LogP contribution in [0.15, 0.2) is 0 Å². The summed E-state index contributed by atoms with van der Waals surface area (Å²) in [5.41, 5.74) is 0.0676. The van der Waals surface area contributed by atoms with Crippen LogP contribution in [0.25, 0.3) is 0 Å². The molecule has 0 aromatic heterocycles. The zero-order chi connectivity index (χ0) is 12.8. The summed E-state index contributed by atoms with van der Waals surface area (Å²) in [6, 6.07) is 0. The van der Waals surface area contributed by atoms with Gasteiger partial charge in [-0.05, 0) is 30.1 Å². The van der Waals surface area contributed by atoms with E-state index >= 15 is 0 Å². The molecule has 2 rings (SSSR count). The highest BCUT2D eigenvalue weighted by Crippen LogP contribution is 2.53. The van der Waals surface area contributed by atoms with Gasteiger partial charge in [-0.25, -0.2) is 0 Å². The van der Waals surface area contributed by atoms with Gasteiger partial charge in [-0.1, -0.05) is 27.7 Å². The molecule has 0 spiro atoms. The van der Waals surface area contributed by atoms with Crippen molar-refractivity contribution in [3.05, 3.63) is 0 Å². The Morgan fingerprint density at radius 3 is 2.47 bits per heavy atom. The summed E-state index contributed by atoms with van der Waals surface area (Å²) in [5, 5.41) is 0. The monoisotopic (exact) mass is 236 g/mol. The van der Waals surface area contributed by atoms with Crippen LogP contribution in [0, 0.1) is 29.1 Å². The minimum Gasteiger partial charge on any atom is -0.299 e. The van der Waals surface area contributed by atoms with Gasteiger partial charge in [0.25, 0.3) is 0 Å². The van der Waals surface area contributed by atoms with Crippen LogP contribution in [0.2, 0.25) is 0 Å². The Hall–Kier alpha value is -0.660. The summed E-state index contributed by atoms with van der Waals surface area (Å²) >= 11 is 0. The van der Waals surface area contributed by atoms with E-state index < -0.39 is 0 Å². The molecule has 0 aromatic rings. The highest BCUT2D eigenvalue weighted by Gasteiger charge is 2.52. The van der Waals surface area contributed by atoms with Gasteiger partial charge in [0.1, 0.15) is 11.6 Å². The molecule has 17 heavy (non-hydrogen) atoms. The molecular formula is C15H24O2. The largest absolute Gasteiger partial charge is 0.299 e. The van der Waals surface area contributed by atoms with E-state index in [-0.39, 0.29) is 17.3 Å². The maximum Gasteiger partial charge on any atom is 0.136 e. The Balaban J connectivity index is 2.30. The molecule has 2 aliphatic rings. The second-order valence-corrected chi connectivity index (χ2v) is 6.69. The lowest BCUT2D eigenvalue weighted by Gasteiger charge is -2.50. The van der Waals surface area contributed by atoms with Gasteiger partial charge in [0.2, 0.25) is 0 Å². The second-order valence-electron chi connectivity index (χ2n) is 6.69. The Kier molecular flexibility index (Phi) is 3.17. The van der Waals surface area contributed by atoms with Gasteiger partial charge in [0.05, 0.1) is 0 Å². The van der Waals surface area contributed by atoms with E-state index in [1.165, 1.54) is 0 Å². The third-order valence-electron chi connectivity index (χ3n) is 5.42. The van der Waals surface area contributed by atoms with Gasteiger partial charge in [-0.3, -0.25) is 9.59 Å². The molecule has 2 aliphatic carbocycles. The number of fused-ring (bicyclic) bond motifs is 1. The van der Waals surface area contributed by atoms with Gasteiger partial charge in [0.15, 0.2) is 0 Å². The maximum atomic E-state index is 12.1. The molecule has 96 valence electrons. The zero-order valence-electron chi connectivity index (χ0n) is 11.5. The summed E-state index contributed by atoms with van der Waals surface area (Å²) in [7, 11) is 0. The van der Waals surface area contributed by atoms with Crippen molar-refractivity contribution in [1.29, 1.82) is 0 Å². The third-order valence-corrected chi connectivity index (χ3v) is 5.42. The molecule has 0 aliphatic heterocycles. The standard InChI is InChI=1S/C15H24O2/c1-9(2)11-8-15(4)10(3)5-6-13(16)12(15)7-14(11)17/h9-12H,5-8H2,1-4H3/t10-,11-,12+,15+/m0/s1. The van der Waals surface area contributed by atoms with Crippen molar-refractivity contribution in [3.8, 4) is 0 Å². The number of Topliss-reactive ketones (excluding diaryl/α,β-unsaturated/α-hetero) is 2. The van der Waals surface area contributed by atoms with Crippen LogP contribution in [0.5, 0.6) is 0 Å². The van der Waals surface area contributed by atoms with Crippen molar-refractivity contribution < 1.29 is 9.59 Å². The first kappa shape index (κ1) is 12.8. The number of ketones is 2. The van der Waals surface area contributed by atoms with Crippen molar-refractivity contribution in [2.45, 2.75) is 53.4 Å². The minimum atomic E-state index is 0.00810. The topological polar surface area (TPSA) is 34.1 Å². The summed E-state index contributed by atoms with van der Waals surface area (Å²) < 4.78 is 0.